The Morgan fingerprint density at radius 3 is 2.59 bits per heavy atom. The lowest BCUT2D eigenvalue weighted by atomic mass is 10.3. The third kappa shape index (κ3) is 4.94. The van der Waals surface area contributed by atoms with Crippen molar-refractivity contribution in [2.45, 2.75) is 17.2 Å². The van der Waals surface area contributed by atoms with E-state index in [1.165, 1.54) is 0 Å². The van der Waals surface area contributed by atoms with Gasteiger partial charge in [0.15, 0.2) is 0 Å². The molecule has 1 heterocycles. The van der Waals surface area contributed by atoms with Crippen LogP contribution in [0.15, 0.2) is 4.34 Å². The molecule has 0 aromatic carbocycles. The smallest absolute Gasteiger partial charge is 0.269 e. The summed E-state index contributed by atoms with van der Waals surface area (Å²) >= 11 is 0.860. The first-order chi connectivity index (χ1) is 7.92. The number of hydrogen-bond donors (Lipinski definition) is 2. The van der Waals surface area contributed by atoms with E-state index in [9.17, 15) is 8.42 Å². The van der Waals surface area contributed by atoms with Gasteiger partial charge in [-0.25, -0.2) is 13.1 Å². The fraction of sp³-hybridized carbons (Fsp3) is 0.750. The van der Waals surface area contributed by atoms with E-state index in [0.717, 1.165) is 30.7 Å². The monoisotopic (exact) mass is 279 g/mol. The second kappa shape index (κ2) is 6.24. The zero-order valence-electron chi connectivity index (χ0n) is 9.88. The van der Waals surface area contributed by atoms with Gasteiger partial charge in [-0.05, 0) is 33.5 Å². The maximum atomic E-state index is 11.7. The van der Waals surface area contributed by atoms with Gasteiger partial charge in [-0.1, -0.05) is 11.3 Å². The molecular weight excluding hydrogens is 262 g/mol. The second-order valence-corrected chi connectivity index (χ2v) is 6.76. The van der Waals surface area contributed by atoms with Crippen LogP contribution in [0.4, 0.5) is 5.13 Å². The van der Waals surface area contributed by atoms with E-state index >= 15 is 0 Å². The quantitative estimate of drug-likeness (QED) is 0.667. The van der Waals surface area contributed by atoms with Gasteiger partial charge in [0, 0.05) is 6.54 Å². The normalized spacial score (nSPS) is 12.2. The number of unbranched alkanes of at least 4 members (excludes halogenated alkanes) is 1. The number of hydrogen-bond acceptors (Lipinski definition) is 7. The Bertz CT molecular complexity index is 443. The van der Waals surface area contributed by atoms with Crippen molar-refractivity contribution in [1.29, 1.82) is 0 Å². The number of rotatable bonds is 7. The molecule has 1 rings (SSSR count). The Kier molecular flexibility index (Phi) is 5.25. The average molecular weight is 279 g/mol. The molecule has 9 heteroatoms. The lowest BCUT2D eigenvalue weighted by Crippen LogP contribution is -2.25. The van der Waals surface area contributed by atoms with Crippen molar-refractivity contribution in [2.75, 3.05) is 32.9 Å². The molecule has 98 valence electrons. The Labute approximate surface area is 105 Å². The minimum absolute atomic E-state index is 0.0809. The maximum absolute atomic E-state index is 11.7. The van der Waals surface area contributed by atoms with Crippen LogP contribution in [0.25, 0.3) is 0 Å². The number of anilines is 1. The van der Waals surface area contributed by atoms with Crippen molar-refractivity contribution in [1.82, 2.24) is 19.8 Å². The fourth-order valence-corrected chi connectivity index (χ4v) is 3.05. The Hall–Kier alpha value is -0.770. The van der Waals surface area contributed by atoms with Crippen LogP contribution < -0.4 is 10.5 Å². The fourth-order valence-electron chi connectivity index (χ4n) is 1.15. The Morgan fingerprint density at radius 1 is 1.35 bits per heavy atom. The summed E-state index contributed by atoms with van der Waals surface area (Å²) in [5, 5.41) is 7.12. The minimum atomic E-state index is -3.54. The van der Waals surface area contributed by atoms with Gasteiger partial charge in [0.2, 0.25) is 9.47 Å². The van der Waals surface area contributed by atoms with Crippen LogP contribution in [0.1, 0.15) is 12.8 Å². The molecule has 0 spiro atoms. The maximum Gasteiger partial charge on any atom is 0.269 e. The van der Waals surface area contributed by atoms with Gasteiger partial charge in [-0.15, -0.1) is 10.2 Å². The van der Waals surface area contributed by atoms with E-state index in [1.54, 1.807) is 0 Å². The van der Waals surface area contributed by atoms with Crippen LogP contribution in [0.5, 0.6) is 0 Å². The molecule has 0 aliphatic heterocycles. The second-order valence-electron chi connectivity index (χ2n) is 3.81. The van der Waals surface area contributed by atoms with Crippen LogP contribution in [0.2, 0.25) is 0 Å². The summed E-state index contributed by atoms with van der Waals surface area (Å²) in [5.41, 5.74) is 5.33. The van der Waals surface area contributed by atoms with E-state index in [-0.39, 0.29) is 9.47 Å². The van der Waals surface area contributed by atoms with Crippen molar-refractivity contribution in [3.05, 3.63) is 0 Å². The molecule has 0 bridgehead atoms. The standard InChI is InChI=1S/C8H17N5O2S2/c1-13(2)6-4-3-5-10-17(14,15)8-12-11-7(9)16-8/h10H,3-6H2,1-2H3,(H2,9,11). The Morgan fingerprint density at radius 2 is 2.06 bits per heavy atom. The van der Waals surface area contributed by atoms with Crippen molar-refractivity contribution >= 4 is 26.5 Å². The minimum Gasteiger partial charge on any atom is -0.374 e. The molecule has 0 amide bonds. The highest BCUT2D eigenvalue weighted by atomic mass is 32.2. The van der Waals surface area contributed by atoms with Crippen LogP contribution in [0.3, 0.4) is 0 Å². The molecule has 17 heavy (non-hydrogen) atoms. The van der Waals surface area contributed by atoms with E-state index < -0.39 is 10.0 Å². The molecule has 3 N–H and O–H groups in total. The molecule has 0 radical (unpaired) electrons. The van der Waals surface area contributed by atoms with Crippen LogP contribution in [-0.4, -0.2) is 50.7 Å². The molecule has 0 unspecified atom stereocenters. The SMILES string of the molecule is CN(C)CCCCNS(=O)(=O)c1nnc(N)s1. The number of nitrogen functional groups attached to an aromatic ring is 1. The summed E-state index contributed by atoms with van der Waals surface area (Å²) in [6.07, 6.45) is 1.72. The molecule has 0 aliphatic rings. The lowest BCUT2D eigenvalue weighted by molar-refractivity contribution is 0.394. The first-order valence-corrected chi connectivity index (χ1v) is 7.45. The zero-order chi connectivity index (χ0) is 12.9. The average Bonchev–Trinajstić information content (AvgIpc) is 2.64. The van der Waals surface area contributed by atoms with Gasteiger partial charge in [-0.2, -0.15) is 0 Å². The molecule has 0 aliphatic carbocycles. The predicted octanol–water partition coefficient (Wildman–Crippen LogP) is -0.260. The highest BCUT2D eigenvalue weighted by Gasteiger charge is 2.18. The lowest BCUT2D eigenvalue weighted by Gasteiger charge is -2.08. The molecule has 1 aromatic heterocycles. The topological polar surface area (TPSA) is 101 Å². The van der Waals surface area contributed by atoms with E-state index in [0.29, 0.717) is 6.54 Å². The first kappa shape index (κ1) is 14.3. The summed E-state index contributed by atoms with van der Waals surface area (Å²) in [7, 11) is 0.422. The summed E-state index contributed by atoms with van der Waals surface area (Å²) in [6, 6.07) is 0. The first-order valence-electron chi connectivity index (χ1n) is 5.15. The molecule has 0 atom stereocenters. The van der Waals surface area contributed by atoms with Crippen molar-refractivity contribution < 1.29 is 8.42 Å². The molecule has 0 saturated carbocycles. The van der Waals surface area contributed by atoms with Crippen LogP contribution in [0, 0.1) is 0 Å². The van der Waals surface area contributed by atoms with Gasteiger partial charge < -0.3 is 10.6 Å². The number of nitrogens with zero attached hydrogens (tertiary/aromatic N) is 3. The third-order valence-corrected chi connectivity index (χ3v) is 4.56. The number of nitrogens with two attached hydrogens (primary N) is 1. The Balaban J connectivity index is 2.36. The summed E-state index contributed by atoms with van der Waals surface area (Å²) < 4.78 is 25.7. The summed E-state index contributed by atoms with van der Waals surface area (Å²) in [4.78, 5) is 2.06. The highest BCUT2D eigenvalue weighted by molar-refractivity contribution is 7.91. The number of nitrogens with one attached hydrogen (secondary N) is 1. The van der Waals surface area contributed by atoms with Crippen molar-refractivity contribution in [2.24, 2.45) is 0 Å². The van der Waals surface area contributed by atoms with Gasteiger partial charge in [-0.3, -0.25) is 0 Å². The van der Waals surface area contributed by atoms with E-state index in [2.05, 4.69) is 19.8 Å². The highest BCUT2D eigenvalue weighted by Crippen LogP contribution is 2.16. The van der Waals surface area contributed by atoms with Crippen LogP contribution >= 0.6 is 11.3 Å². The number of sulfonamides is 1. The largest absolute Gasteiger partial charge is 0.374 e. The summed E-state index contributed by atoms with van der Waals surface area (Å²) in [6.45, 7) is 1.34. The van der Waals surface area contributed by atoms with Crippen molar-refractivity contribution in [3.8, 4) is 0 Å². The number of aromatic nitrogens is 2. The van der Waals surface area contributed by atoms with Crippen LogP contribution in [-0.2, 0) is 10.0 Å². The molecule has 7 nitrogen and oxygen atoms in total. The molecule has 0 saturated heterocycles. The van der Waals surface area contributed by atoms with Gasteiger partial charge in [0.1, 0.15) is 0 Å². The predicted molar refractivity (Wildman–Crippen MR) is 67.3 cm³/mol. The molecule has 1 aromatic rings. The summed E-state index contributed by atoms with van der Waals surface area (Å²) in [5.74, 6) is 0. The zero-order valence-corrected chi connectivity index (χ0v) is 11.5. The van der Waals surface area contributed by atoms with E-state index in [1.807, 2.05) is 14.1 Å². The third-order valence-electron chi connectivity index (χ3n) is 1.98. The van der Waals surface area contributed by atoms with E-state index in [4.69, 9.17) is 5.73 Å². The molecular formula is C8H17N5O2S2. The van der Waals surface area contributed by atoms with Crippen molar-refractivity contribution in [3.63, 3.8) is 0 Å². The van der Waals surface area contributed by atoms with Gasteiger partial charge >= 0.3 is 0 Å². The van der Waals surface area contributed by atoms with Gasteiger partial charge in [0.25, 0.3) is 10.0 Å². The molecule has 0 fully saturated rings. The van der Waals surface area contributed by atoms with Gasteiger partial charge in [0.05, 0.1) is 0 Å².